The first-order valence-corrected chi connectivity index (χ1v) is 10.4. The van der Waals surface area contributed by atoms with Gasteiger partial charge in [-0.15, -0.1) is 0 Å². The summed E-state index contributed by atoms with van der Waals surface area (Å²) in [6.07, 6.45) is 6.87. The Morgan fingerprint density at radius 3 is 2.70 bits per heavy atom. The minimum atomic E-state index is -2.93. The number of halogens is 2. The smallest absolute Gasteiger partial charge is 0.260 e. The van der Waals surface area contributed by atoms with Crippen LogP contribution in [0.4, 0.5) is 14.6 Å². The van der Waals surface area contributed by atoms with E-state index in [1.54, 1.807) is 30.9 Å². The second-order valence-corrected chi connectivity index (χ2v) is 8.10. The van der Waals surface area contributed by atoms with Crippen LogP contribution in [-0.2, 0) is 4.79 Å². The van der Waals surface area contributed by atoms with Gasteiger partial charge in [0.15, 0.2) is 0 Å². The van der Waals surface area contributed by atoms with Crippen molar-refractivity contribution in [2.45, 2.75) is 32.6 Å². The van der Waals surface area contributed by atoms with Crippen molar-refractivity contribution in [3.63, 3.8) is 0 Å². The highest BCUT2D eigenvalue weighted by Crippen LogP contribution is 2.49. The monoisotopic (exact) mass is 450 g/mol. The number of fused-ring (bicyclic) bond motifs is 3. The third kappa shape index (κ3) is 3.57. The average molecular weight is 450 g/mol. The molecule has 1 aliphatic rings. The zero-order valence-electron chi connectivity index (χ0n) is 17.9. The summed E-state index contributed by atoms with van der Waals surface area (Å²) < 4.78 is 28.3. The molecule has 0 spiro atoms. The van der Waals surface area contributed by atoms with Crippen LogP contribution in [0.2, 0.25) is 0 Å². The normalized spacial score (nSPS) is 17.5. The molecular weight excluding hydrogens is 430 g/mol. The van der Waals surface area contributed by atoms with Crippen LogP contribution in [-0.4, -0.2) is 42.1 Å². The first-order chi connectivity index (χ1) is 15.8. The number of nitrogens with one attached hydrogen (secondary N) is 1. The van der Waals surface area contributed by atoms with Crippen molar-refractivity contribution in [1.29, 1.82) is 0 Å². The highest BCUT2D eigenvalue weighted by molar-refractivity contribution is 6.00. The molecule has 4 aromatic heterocycles. The summed E-state index contributed by atoms with van der Waals surface area (Å²) in [5.41, 5.74) is 5.12. The summed E-state index contributed by atoms with van der Waals surface area (Å²) in [5, 5.41) is 15.8. The van der Waals surface area contributed by atoms with Crippen LogP contribution in [0.5, 0.6) is 0 Å². The van der Waals surface area contributed by atoms with Crippen molar-refractivity contribution in [1.82, 2.24) is 19.4 Å². The Kier molecular flexibility index (Phi) is 4.80. The third-order valence-corrected chi connectivity index (χ3v) is 5.90. The van der Waals surface area contributed by atoms with Crippen LogP contribution in [0.3, 0.4) is 0 Å². The van der Waals surface area contributed by atoms with Gasteiger partial charge in [0.1, 0.15) is 23.1 Å². The molecule has 4 heterocycles. The summed E-state index contributed by atoms with van der Waals surface area (Å²) in [7, 11) is 0. The van der Waals surface area contributed by atoms with Crippen molar-refractivity contribution in [3.8, 4) is 11.1 Å². The Bertz CT molecular complexity index is 1450. The quantitative estimate of drug-likeness (QED) is 0.266. The zero-order valence-corrected chi connectivity index (χ0v) is 17.9. The fourth-order valence-corrected chi connectivity index (χ4v) is 3.97. The number of amides is 1. The lowest BCUT2D eigenvalue weighted by Gasteiger charge is -2.13. The molecule has 2 N–H and O–H groups in total. The maximum absolute atomic E-state index is 13.2. The van der Waals surface area contributed by atoms with Gasteiger partial charge < -0.3 is 10.5 Å². The molecule has 168 valence electrons. The van der Waals surface area contributed by atoms with Gasteiger partial charge in [0, 0.05) is 53.8 Å². The Hall–Kier alpha value is -3.95. The molecule has 1 unspecified atom stereocenters. The molecule has 1 atom stereocenters. The van der Waals surface area contributed by atoms with E-state index < -0.39 is 24.2 Å². The average Bonchev–Trinajstić information content (AvgIpc) is 3.19. The Labute approximate surface area is 187 Å². The molecule has 33 heavy (non-hydrogen) atoms. The van der Waals surface area contributed by atoms with E-state index in [9.17, 15) is 18.8 Å². The maximum Gasteiger partial charge on any atom is 0.260 e. The summed E-state index contributed by atoms with van der Waals surface area (Å²) in [6.45, 7) is 3.83. The highest BCUT2D eigenvalue weighted by atomic mass is 19.3. The number of anilines is 1. The van der Waals surface area contributed by atoms with Gasteiger partial charge in [-0.1, -0.05) is 12.1 Å². The topological polar surface area (TPSA) is 105 Å². The van der Waals surface area contributed by atoms with Gasteiger partial charge >= 0.3 is 0 Å². The second kappa shape index (κ2) is 7.58. The molecule has 1 saturated carbocycles. The lowest BCUT2D eigenvalue weighted by atomic mass is 10.0. The van der Waals surface area contributed by atoms with Gasteiger partial charge in [0.2, 0.25) is 5.91 Å². The van der Waals surface area contributed by atoms with Crippen LogP contribution < -0.4 is 5.32 Å². The summed E-state index contributed by atoms with van der Waals surface area (Å²) in [5.74, 6) is -4.76. The van der Waals surface area contributed by atoms with E-state index in [0.717, 1.165) is 27.6 Å². The zero-order chi connectivity index (χ0) is 23.3. The van der Waals surface area contributed by atoms with Gasteiger partial charge in [-0.05, 0) is 31.0 Å². The van der Waals surface area contributed by atoms with Crippen molar-refractivity contribution >= 4 is 34.0 Å². The molecule has 1 amide bonds. The number of hydrogen-bond acceptors (Lipinski definition) is 6. The Morgan fingerprint density at radius 1 is 1.24 bits per heavy atom. The van der Waals surface area contributed by atoms with E-state index >= 15 is 0 Å². The van der Waals surface area contributed by atoms with Crippen molar-refractivity contribution < 1.29 is 18.8 Å². The molecule has 1 aliphatic carbocycles. The van der Waals surface area contributed by atoms with Gasteiger partial charge in [-0.2, -0.15) is 0 Å². The molecule has 10 heteroatoms. The van der Waals surface area contributed by atoms with Crippen LogP contribution >= 0.6 is 0 Å². The van der Waals surface area contributed by atoms with Crippen LogP contribution in [0, 0.1) is 12.8 Å². The fourth-order valence-electron chi connectivity index (χ4n) is 3.97. The number of pyridine rings is 3. The van der Waals surface area contributed by atoms with E-state index in [2.05, 4.69) is 25.4 Å². The maximum atomic E-state index is 13.2. The Balaban J connectivity index is 1.56. The molecule has 0 saturated heterocycles. The standard InChI is InChI=1S/C23H20F2N6O2/c1-3-17(30-33)18-6-12(2)15(11-27-18)14-7-13-10-28-20(29-22(32)16-9-23(16,24)25)8-19(13)31-5-4-26-21(14)31/h4-8,10-11,16,33H,3,9H2,1-2H3,(H,28,29,32)/b30-17-. The number of hydrogen-bond donors (Lipinski definition) is 2. The number of imidazole rings is 1. The summed E-state index contributed by atoms with van der Waals surface area (Å²) in [6, 6.07) is 5.43. The molecule has 0 aromatic carbocycles. The SMILES string of the molecule is CC/C(=N/O)c1cc(C)c(-c2cc3cnc(NC(=O)C4CC4(F)F)cc3n3ccnc23)cn1. The number of carbonyl (C=O) groups excluding carboxylic acids is 1. The highest BCUT2D eigenvalue weighted by Gasteiger charge is 2.61. The van der Waals surface area contributed by atoms with Gasteiger partial charge in [-0.3, -0.25) is 14.2 Å². The minimum Gasteiger partial charge on any atom is -0.411 e. The number of nitrogens with zero attached hydrogens (tertiary/aromatic N) is 5. The van der Waals surface area contributed by atoms with Gasteiger partial charge in [-0.25, -0.2) is 18.7 Å². The number of aryl methyl sites for hydroxylation is 1. The predicted octanol–water partition coefficient (Wildman–Crippen LogP) is 4.43. The first-order valence-electron chi connectivity index (χ1n) is 10.4. The van der Waals surface area contributed by atoms with E-state index in [4.69, 9.17) is 0 Å². The molecule has 4 aromatic rings. The van der Waals surface area contributed by atoms with E-state index in [1.165, 1.54) is 0 Å². The second-order valence-electron chi connectivity index (χ2n) is 8.10. The summed E-state index contributed by atoms with van der Waals surface area (Å²) in [4.78, 5) is 25.2. The molecule has 0 bridgehead atoms. The van der Waals surface area contributed by atoms with E-state index in [1.807, 2.05) is 30.4 Å². The van der Waals surface area contributed by atoms with Gasteiger partial charge in [0.25, 0.3) is 5.92 Å². The molecule has 0 aliphatic heterocycles. The number of carbonyl (C=O) groups is 1. The van der Waals surface area contributed by atoms with E-state index in [-0.39, 0.29) is 5.82 Å². The third-order valence-electron chi connectivity index (χ3n) is 5.90. The number of oxime groups is 1. The molecular formula is C23H20F2N6O2. The van der Waals surface area contributed by atoms with E-state index in [0.29, 0.717) is 23.5 Å². The van der Waals surface area contributed by atoms with Gasteiger partial charge in [0.05, 0.1) is 11.2 Å². The van der Waals surface area contributed by atoms with Crippen molar-refractivity contribution in [2.75, 3.05) is 5.32 Å². The number of alkyl halides is 2. The molecule has 8 nitrogen and oxygen atoms in total. The van der Waals surface area contributed by atoms with Crippen LogP contribution in [0.1, 0.15) is 31.0 Å². The summed E-state index contributed by atoms with van der Waals surface area (Å²) >= 11 is 0. The lowest BCUT2D eigenvalue weighted by molar-refractivity contribution is -0.119. The minimum absolute atomic E-state index is 0.204. The lowest BCUT2D eigenvalue weighted by Crippen LogP contribution is -2.18. The van der Waals surface area contributed by atoms with Crippen LogP contribution in [0.25, 0.3) is 27.7 Å². The number of aromatic nitrogens is 4. The fraction of sp³-hybridized carbons (Fsp3) is 0.261. The predicted molar refractivity (Wildman–Crippen MR) is 119 cm³/mol. The molecule has 1 fully saturated rings. The largest absolute Gasteiger partial charge is 0.411 e. The first kappa shape index (κ1) is 20.9. The molecule has 0 radical (unpaired) electrons. The number of rotatable bonds is 5. The Morgan fingerprint density at radius 2 is 2.03 bits per heavy atom. The molecule has 5 rings (SSSR count). The van der Waals surface area contributed by atoms with Crippen molar-refractivity contribution in [2.24, 2.45) is 11.1 Å². The van der Waals surface area contributed by atoms with Crippen molar-refractivity contribution in [3.05, 3.63) is 54.2 Å². The van der Waals surface area contributed by atoms with Crippen LogP contribution in [0.15, 0.2) is 48.1 Å².